The summed E-state index contributed by atoms with van der Waals surface area (Å²) < 4.78 is 0. The summed E-state index contributed by atoms with van der Waals surface area (Å²) in [4.78, 5) is 46.0. The quantitative estimate of drug-likeness (QED) is 0.312. The summed E-state index contributed by atoms with van der Waals surface area (Å²) in [6.45, 7) is 0.673. The summed E-state index contributed by atoms with van der Waals surface area (Å²) in [5.74, 6) is -0.774. The molecule has 2 N–H and O–H groups in total. The summed E-state index contributed by atoms with van der Waals surface area (Å²) in [5, 5.41) is 16.4. The van der Waals surface area contributed by atoms with Crippen molar-refractivity contribution in [3.05, 3.63) is 34.4 Å². The van der Waals surface area contributed by atoms with E-state index in [0.29, 0.717) is 12.2 Å². The molecule has 1 heterocycles. The van der Waals surface area contributed by atoms with Gasteiger partial charge >= 0.3 is 0 Å². The minimum atomic E-state index is -0.481. The van der Waals surface area contributed by atoms with E-state index in [2.05, 4.69) is 10.6 Å². The zero-order valence-electron chi connectivity index (χ0n) is 13.0. The molecule has 0 atom stereocenters. The van der Waals surface area contributed by atoms with Crippen molar-refractivity contribution in [2.45, 2.75) is 19.3 Å². The fourth-order valence-electron chi connectivity index (χ4n) is 2.36. The van der Waals surface area contributed by atoms with Gasteiger partial charge in [0.05, 0.1) is 4.92 Å². The Kier molecular flexibility index (Phi) is 5.83. The molecule has 1 aromatic carbocycles. The number of anilines is 1. The molecule has 0 saturated carbocycles. The fraction of sp³-hybridized carbons (Fsp3) is 0.400. The first-order valence-electron chi connectivity index (χ1n) is 7.56. The molecular formula is C15H18N4O5. The maximum absolute atomic E-state index is 11.7. The highest BCUT2D eigenvalue weighted by molar-refractivity contribution is 6.02. The largest absolute Gasteiger partial charge is 0.378 e. The molecule has 9 heteroatoms. The van der Waals surface area contributed by atoms with Crippen LogP contribution in [0.5, 0.6) is 0 Å². The van der Waals surface area contributed by atoms with Crippen LogP contribution < -0.4 is 10.6 Å². The highest BCUT2D eigenvalue weighted by Crippen LogP contribution is 2.22. The highest BCUT2D eigenvalue weighted by Gasteiger charge is 2.28. The van der Waals surface area contributed by atoms with Crippen LogP contribution in [0.2, 0.25) is 0 Å². The van der Waals surface area contributed by atoms with E-state index < -0.39 is 4.92 Å². The van der Waals surface area contributed by atoms with E-state index in [9.17, 15) is 24.5 Å². The lowest BCUT2D eigenvalue weighted by atomic mass is 10.2. The van der Waals surface area contributed by atoms with Crippen LogP contribution in [0.15, 0.2) is 24.3 Å². The maximum atomic E-state index is 11.7. The molecule has 0 radical (unpaired) electrons. The normalized spacial score (nSPS) is 13.9. The van der Waals surface area contributed by atoms with E-state index in [0.717, 1.165) is 4.90 Å². The molecule has 1 saturated heterocycles. The van der Waals surface area contributed by atoms with Gasteiger partial charge in [0, 0.05) is 45.0 Å². The van der Waals surface area contributed by atoms with Gasteiger partial charge in [-0.05, 0) is 6.07 Å². The molecule has 24 heavy (non-hydrogen) atoms. The molecule has 3 amide bonds. The molecule has 0 spiro atoms. The van der Waals surface area contributed by atoms with Crippen molar-refractivity contribution in [1.82, 2.24) is 10.2 Å². The molecule has 1 aliphatic rings. The van der Waals surface area contributed by atoms with Crippen LogP contribution in [-0.4, -0.2) is 47.2 Å². The molecule has 0 bridgehead atoms. The molecule has 9 nitrogen and oxygen atoms in total. The molecular weight excluding hydrogens is 316 g/mol. The highest BCUT2D eigenvalue weighted by atomic mass is 16.6. The van der Waals surface area contributed by atoms with E-state index in [1.54, 1.807) is 18.2 Å². The SMILES string of the molecule is O=C(CCN1C(=O)CCC1=O)NCCNc1ccccc1[N+](=O)[O-]. The summed E-state index contributed by atoms with van der Waals surface area (Å²) in [6, 6.07) is 6.24. The number of nitro groups is 1. The molecule has 0 unspecified atom stereocenters. The van der Waals surface area contributed by atoms with Gasteiger partial charge < -0.3 is 10.6 Å². The molecule has 128 valence electrons. The predicted molar refractivity (Wildman–Crippen MR) is 85.2 cm³/mol. The van der Waals surface area contributed by atoms with Gasteiger partial charge in [-0.1, -0.05) is 12.1 Å². The number of carbonyl (C=O) groups excluding carboxylic acids is 3. The smallest absolute Gasteiger partial charge is 0.292 e. The number of carbonyl (C=O) groups is 3. The summed E-state index contributed by atoms with van der Waals surface area (Å²) in [7, 11) is 0. The van der Waals surface area contributed by atoms with Gasteiger partial charge in [-0.25, -0.2) is 0 Å². The van der Waals surface area contributed by atoms with Gasteiger partial charge in [0.25, 0.3) is 5.69 Å². The molecule has 0 aromatic heterocycles. The van der Waals surface area contributed by atoms with Gasteiger partial charge in [-0.3, -0.25) is 29.4 Å². The first-order chi connectivity index (χ1) is 11.5. The summed E-state index contributed by atoms with van der Waals surface area (Å²) >= 11 is 0. The van der Waals surface area contributed by atoms with Crippen LogP contribution in [0.1, 0.15) is 19.3 Å². The molecule has 0 aliphatic carbocycles. The second kappa shape index (κ2) is 8.04. The number of amides is 3. The minimum absolute atomic E-state index is 0.0325. The van der Waals surface area contributed by atoms with Crippen LogP contribution in [-0.2, 0) is 14.4 Å². The predicted octanol–water partition coefficient (Wildman–Crippen LogP) is 0.662. The Labute approximate surface area is 138 Å². The summed E-state index contributed by atoms with van der Waals surface area (Å²) in [6.07, 6.45) is 0.462. The van der Waals surface area contributed by atoms with Gasteiger partial charge in [0.1, 0.15) is 5.69 Å². The number of nitrogens with one attached hydrogen (secondary N) is 2. The number of nitro benzene ring substituents is 1. The maximum Gasteiger partial charge on any atom is 0.292 e. The van der Waals surface area contributed by atoms with Gasteiger partial charge in [-0.15, -0.1) is 0 Å². The van der Waals surface area contributed by atoms with Crippen LogP contribution in [0.25, 0.3) is 0 Å². The average molecular weight is 334 g/mol. The Hall–Kier alpha value is -2.97. The minimum Gasteiger partial charge on any atom is -0.378 e. The Balaban J connectivity index is 1.69. The Bertz CT molecular complexity index is 645. The van der Waals surface area contributed by atoms with Gasteiger partial charge in [0.2, 0.25) is 17.7 Å². The van der Waals surface area contributed by atoms with E-state index in [1.807, 2.05) is 0 Å². The number of hydrogen-bond donors (Lipinski definition) is 2. The Morgan fingerprint density at radius 3 is 2.50 bits per heavy atom. The van der Waals surface area contributed by atoms with E-state index in [1.165, 1.54) is 6.07 Å². The van der Waals surface area contributed by atoms with Crippen molar-refractivity contribution in [2.24, 2.45) is 0 Å². The number of benzene rings is 1. The lowest BCUT2D eigenvalue weighted by molar-refractivity contribution is -0.384. The third-order valence-corrected chi connectivity index (χ3v) is 3.58. The van der Waals surface area contributed by atoms with Crippen LogP contribution in [0, 0.1) is 10.1 Å². The number of imide groups is 1. The van der Waals surface area contributed by atoms with E-state index in [4.69, 9.17) is 0 Å². The lowest BCUT2D eigenvalue weighted by Crippen LogP contribution is -2.35. The topological polar surface area (TPSA) is 122 Å². The molecule has 1 fully saturated rings. The van der Waals surface area contributed by atoms with Gasteiger partial charge in [-0.2, -0.15) is 0 Å². The van der Waals surface area contributed by atoms with Crippen molar-refractivity contribution in [3.63, 3.8) is 0 Å². The van der Waals surface area contributed by atoms with Crippen molar-refractivity contribution in [3.8, 4) is 0 Å². The van der Waals surface area contributed by atoms with Crippen molar-refractivity contribution in [2.75, 3.05) is 25.0 Å². The van der Waals surface area contributed by atoms with Crippen LogP contribution in [0.3, 0.4) is 0 Å². The molecule has 1 aromatic rings. The zero-order valence-corrected chi connectivity index (χ0v) is 13.0. The number of hydrogen-bond acceptors (Lipinski definition) is 6. The van der Waals surface area contributed by atoms with Crippen molar-refractivity contribution in [1.29, 1.82) is 0 Å². The van der Waals surface area contributed by atoms with Gasteiger partial charge in [0.15, 0.2) is 0 Å². The molecule has 2 rings (SSSR count). The fourth-order valence-corrected chi connectivity index (χ4v) is 2.36. The number of rotatable bonds is 8. The standard InChI is InChI=1S/C15H18N4O5/c20-13(7-10-18-14(21)5-6-15(18)22)17-9-8-16-11-3-1-2-4-12(11)19(23)24/h1-4,16H,5-10H2,(H,17,20). The van der Waals surface area contributed by atoms with E-state index >= 15 is 0 Å². The number of likely N-dealkylation sites (tertiary alicyclic amines) is 1. The van der Waals surface area contributed by atoms with Crippen molar-refractivity contribution < 1.29 is 19.3 Å². The van der Waals surface area contributed by atoms with E-state index in [-0.39, 0.29) is 55.8 Å². The first kappa shape index (κ1) is 17.4. The third-order valence-electron chi connectivity index (χ3n) is 3.58. The summed E-state index contributed by atoms with van der Waals surface area (Å²) in [5.41, 5.74) is 0.347. The van der Waals surface area contributed by atoms with Crippen LogP contribution >= 0.6 is 0 Å². The number of nitrogens with zero attached hydrogens (tertiary/aromatic N) is 2. The van der Waals surface area contributed by atoms with Crippen molar-refractivity contribution >= 4 is 29.1 Å². The third kappa shape index (κ3) is 4.51. The second-order valence-corrected chi connectivity index (χ2v) is 5.24. The average Bonchev–Trinajstić information content (AvgIpc) is 2.88. The number of para-hydroxylation sites is 2. The van der Waals surface area contributed by atoms with Crippen LogP contribution in [0.4, 0.5) is 11.4 Å². The monoisotopic (exact) mass is 334 g/mol. The Morgan fingerprint density at radius 2 is 1.83 bits per heavy atom. The Morgan fingerprint density at radius 1 is 1.17 bits per heavy atom. The lowest BCUT2D eigenvalue weighted by Gasteiger charge is -2.13. The first-order valence-corrected chi connectivity index (χ1v) is 7.56. The molecule has 1 aliphatic heterocycles. The zero-order chi connectivity index (χ0) is 17.5. The second-order valence-electron chi connectivity index (χ2n) is 5.24.